The third-order valence-corrected chi connectivity index (χ3v) is 6.86. The van der Waals surface area contributed by atoms with Crippen LogP contribution in [0.15, 0.2) is 58.1 Å². The van der Waals surface area contributed by atoms with Crippen LogP contribution in [-0.4, -0.2) is 31.4 Å². The molecule has 0 spiro atoms. The van der Waals surface area contributed by atoms with Gasteiger partial charge in [-0.25, -0.2) is 13.1 Å². The molecule has 4 N–H and O–H groups in total. The topological polar surface area (TPSA) is 127 Å². The zero-order chi connectivity index (χ0) is 21.1. The molecule has 1 amide bonds. The van der Waals surface area contributed by atoms with E-state index >= 15 is 0 Å². The van der Waals surface area contributed by atoms with Crippen LogP contribution in [0.5, 0.6) is 0 Å². The average molecular weight is 429 g/mol. The normalized spacial score (nSPS) is 19.6. The van der Waals surface area contributed by atoms with Crippen molar-refractivity contribution < 1.29 is 17.6 Å². The standard InChI is InChI=1S/C21H24N4O4S/c22-16-3-5-17(6-4-16)25-30(27,28)18-7-1-14(2-8-18)12-24-21(26)19-11-15-9-10-23-13-20(15)29-19/h1-2,7-11,13,16-17,25H,3-6,12,22H2,(H,24,26)/t16-,17-. The second-order valence-electron chi connectivity index (χ2n) is 7.58. The minimum absolute atomic E-state index is 0.0761. The fourth-order valence-electron chi connectivity index (χ4n) is 3.58. The third kappa shape index (κ3) is 4.69. The van der Waals surface area contributed by atoms with E-state index in [4.69, 9.17) is 10.2 Å². The highest BCUT2D eigenvalue weighted by Crippen LogP contribution is 2.20. The minimum Gasteiger partial charge on any atom is -0.449 e. The molecule has 3 aromatic rings. The molecule has 1 aromatic carbocycles. The Kier molecular flexibility index (Phi) is 5.85. The molecule has 1 fully saturated rings. The fourth-order valence-corrected chi connectivity index (χ4v) is 4.88. The number of nitrogens with one attached hydrogen (secondary N) is 2. The number of amides is 1. The smallest absolute Gasteiger partial charge is 0.287 e. The first-order valence-corrected chi connectivity index (χ1v) is 11.4. The lowest BCUT2D eigenvalue weighted by Gasteiger charge is -2.26. The second kappa shape index (κ2) is 8.55. The van der Waals surface area contributed by atoms with Gasteiger partial charge in [0.15, 0.2) is 11.3 Å². The molecule has 4 rings (SSSR count). The van der Waals surface area contributed by atoms with E-state index in [1.165, 1.54) is 0 Å². The summed E-state index contributed by atoms with van der Waals surface area (Å²) in [5.41, 5.74) is 7.21. The molecule has 158 valence electrons. The lowest BCUT2D eigenvalue weighted by Crippen LogP contribution is -2.40. The van der Waals surface area contributed by atoms with E-state index in [0.29, 0.717) is 5.58 Å². The summed E-state index contributed by atoms with van der Waals surface area (Å²) in [5.74, 6) is -0.145. The largest absolute Gasteiger partial charge is 0.449 e. The maximum absolute atomic E-state index is 12.6. The van der Waals surface area contributed by atoms with Crippen LogP contribution in [-0.2, 0) is 16.6 Å². The van der Waals surface area contributed by atoms with E-state index in [1.54, 1.807) is 48.8 Å². The van der Waals surface area contributed by atoms with Gasteiger partial charge in [-0.1, -0.05) is 12.1 Å². The van der Waals surface area contributed by atoms with Gasteiger partial charge < -0.3 is 15.5 Å². The number of carbonyl (C=O) groups is 1. The molecule has 0 unspecified atom stereocenters. The van der Waals surface area contributed by atoms with Gasteiger partial charge in [-0.15, -0.1) is 0 Å². The molecule has 1 saturated carbocycles. The summed E-state index contributed by atoms with van der Waals surface area (Å²) in [6.45, 7) is 0.252. The second-order valence-corrected chi connectivity index (χ2v) is 9.30. The lowest BCUT2D eigenvalue weighted by molar-refractivity contribution is 0.0925. The highest BCUT2D eigenvalue weighted by atomic mass is 32.2. The Morgan fingerprint density at radius 1 is 1.13 bits per heavy atom. The molecule has 2 heterocycles. The van der Waals surface area contributed by atoms with Crippen LogP contribution in [0.1, 0.15) is 41.8 Å². The molecule has 0 saturated heterocycles. The van der Waals surface area contributed by atoms with Crippen LogP contribution in [0.4, 0.5) is 0 Å². The van der Waals surface area contributed by atoms with Gasteiger partial charge in [0.25, 0.3) is 5.91 Å². The van der Waals surface area contributed by atoms with Gasteiger partial charge in [0.1, 0.15) is 0 Å². The molecule has 0 radical (unpaired) electrons. The van der Waals surface area contributed by atoms with Gasteiger partial charge in [0.2, 0.25) is 10.0 Å². The molecule has 8 nitrogen and oxygen atoms in total. The maximum atomic E-state index is 12.6. The number of benzene rings is 1. The van der Waals surface area contributed by atoms with Crippen LogP contribution in [0.2, 0.25) is 0 Å². The van der Waals surface area contributed by atoms with Crippen molar-refractivity contribution in [3.63, 3.8) is 0 Å². The Morgan fingerprint density at radius 2 is 1.87 bits per heavy atom. The number of furan rings is 1. The van der Waals surface area contributed by atoms with Gasteiger partial charge in [0, 0.05) is 30.2 Å². The zero-order valence-corrected chi connectivity index (χ0v) is 17.2. The van der Waals surface area contributed by atoms with Gasteiger partial charge in [-0.2, -0.15) is 0 Å². The number of fused-ring (bicyclic) bond motifs is 1. The van der Waals surface area contributed by atoms with E-state index in [2.05, 4.69) is 15.0 Å². The monoisotopic (exact) mass is 428 g/mol. The number of hydrogen-bond donors (Lipinski definition) is 3. The number of pyridine rings is 1. The number of carbonyl (C=O) groups excluding carboxylic acids is 1. The molecule has 0 bridgehead atoms. The van der Waals surface area contributed by atoms with E-state index in [9.17, 15) is 13.2 Å². The summed E-state index contributed by atoms with van der Waals surface area (Å²) in [6, 6.07) is 9.99. The van der Waals surface area contributed by atoms with E-state index in [-0.39, 0.29) is 35.2 Å². The zero-order valence-electron chi connectivity index (χ0n) is 16.4. The van der Waals surface area contributed by atoms with Gasteiger partial charge >= 0.3 is 0 Å². The van der Waals surface area contributed by atoms with Crippen molar-refractivity contribution in [2.45, 2.75) is 49.2 Å². The summed E-state index contributed by atoms with van der Waals surface area (Å²) < 4.78 is 33.5. The van der Waals surface area contributed by atoms with Crippen molar-refractivity contribution >= 4 is 26.9 Å². The highest BCUT2D eigenvalue weighted by molar-refractivity contribution is 7.89. The number of nitrogens with two attached hydrogens (primary N) is 1. The van der Waals surface area contributed by atoms with E-state index in [0.717, 1.165) is 36.6 Å². The molecule has 1 aliphatic carbocycles. The number of aromatic nitrogens is 1. The SMILES string of the molecule is N[C@H]1CC[C@H](NS(=O)(=O)c2ccc(CNC(=O)c3cc4ccncc4o3)cc2)CC1. The molecular weight excluding hydrogens is 404 g/mol. The van der Waals surface area contributed by atoms with Crippen molar-refractivity contribution in [1.29, 1.82) is 0 Å². The van der Waals surface area contributed by atoms with Crippen molar-refractivity contribution in [1.82, 2.24) is 15.0 Å². The Morgan fingerprint density at radius 3 is 2.57 bits per heavy atom. The van der Waals surface area contributed by atoms with Crippen LogP contribution in [0.3, 0.4) is 0 Å². The Labute approximate surface area is 174 Å². The summed E-state index contributed by atoms with van der Waals surface area (Å²) in [6.07, 6.45) is 6.35. The van der Waals surface area contributed by atoms with Crippen LogP contribution >= 0.6 is 0 Å². The number of hydrogen-bond acceptors (Lipinski definition) is 6. The molecular formula is C21H24N4O4S. The predicted molar refractivity (Wildman–Crippen MR) is 112 cm³/mol. The summed E-state index contributed by atoms with van der Waals surface area (Å²) in [5, 5.41) is 3.58. The van der Waals surface area contributed by atoms with Crippen molar-refractivity contribution in [3.8, 4) is 0 Å². The maximum Gasteiger partial charge on any atom is 0.287 e. The van der Waals surface area contributed by atoms with Crippen molar-refractivity contribution in [3.05, 3.63) is 60.1 Å². The predicted octanol–water partition coefficient (Wildman–Crippen LogP) is 2.31. The summed E-state index contributed by atoms with van der Waals surface area (Å²) >= 11 is 0. The highest BCUT2D eigenvalue weighted by Gasteiger charge is 2.24. The van der Waals surface area contributed by atoms with E-state index < -0.39 is 10.0 Å². The molecule has 0 atom stereocenters. The Hall–Kier alpha value is -2.75. The van der Waals surface area contributed by atoms with Crippen molar-refractivity contribution in [2.75, 3.05) is 0 Å². The molecule has 2 aromatic heterocycles. The molecule has 0 aliphatic heterocycles. The fraction of sp³-hybridized carbons (Fsp3) is 0.333. The van der Waals surface area contributed by atoms with Crippen LogP contribution in [0.25, 0.3) is 11.0 Å². The van der Waals surface area contributed by atoms with Gasteiger partial charge in [-0.3, -0.25) is 9.78 Å². The first-order chi connectivity index (χ1) is 14.4. The quantitative estimate of drug-likeness (QED) is 0.553. The van der Waals surface area contributed by atoms with Gasteiger partial charge in [-0.05, 0) is 55.5 Å². The lowest BCUT2D eigenvalue weighted by atomic mass is 9.93. The molecule has 9 heteroatoms. The first-order valence-electron chi connectivity index (χ1n) is 9.89. The number of sulfonamides is 1. The van der Waals surface area contributed by atoms with Crippen LogP contribution in [0, 0.1) is 0 Å². The molecule has 30 heavy (non-hydrogen) atoms. The minimum atomic E-state index is -3.58. The van der Waals surface area contributed by atoms with Crippen LogP contribution < -0.4 is 15.8 Å². The first kappa shape index (κ1) is 20.5. The summed E-state index contributed by atoms with van der Waals surface area (Å²) in [7, 11) is -3.58. The third-order valence-electron chi connectivity index (χ3n) is 5.33. The Bertz CT molecular complexity index is 1100. The molecule has 1 aliphatic rings. The Balaban J connectivity index is 1.35. The number of nitrogens with zero attached hydrogens (tertiary/aromatic N) is 1. The average Bonchev–Trinajstić information content (AvgIpc) is 3.18. The number of rotatable bonds is 6. The summed E-state index contributed by atoms with van der Waals surface area (Å²) in [4.78, 5) is 16.5. The van der Waals surface area contributed by atoms with Crippen molar-refractivity contribution in [2.24, 2.45) is 5.73 Å². The van der Waals surface area contributed by atoms with Gasteiger partial charge in [0.05, 0.1) is 11.1 Å². The van der Waals surface area contributed by atoms with E-state index in [1.807, 2.05) is 0 Å².